The average Bonchev–Trinajstić information content (AvgIpc) is 2.32. The van der Waals surface area contributed by atoms with E-state index >= 15 is 0 Å². The van der Waals surface area contributed by atoms with E-state index in [4.69, 9.17) is 0 Å². The Morgan fingerprint density at radius 2 is 1.83 bits per heavy atom. The van der Waals surface area contributed by atoms with Gasteiger partial charge >= 0.3 is 0 Å². The standard InChI is InChI=1S/C13H19N3O2/c1-9-4-5-11(10(2)6-9)16-13(18)8-15-7-12(17)14-3/h4-6,15H,7-8H2,1-3H3,(H,14,17)(H,16,18)/p+1. The summed E-state index contributed by atoms with van der Waals surface area (Å²) in [5.74, 6) is -0.194. The maximum atomic E-state index is 11.6. The lowest BCUT2D eigenvalue weighted by molar-refractivity contribution is -0.632. The fraction of sp³-hybridized carbons (Fsp3) is 0.385. The largest absolute Gasteiger partial charge is 0.354 e. The molecule has 5 heteroatoms. The molecule has 1 aromatic rings. The summed E-state index contributed by atoms with van der Waals surface area (Å²) in [5.41, 5.74) is 3.02. The van der Waals surface area contributed by atoms with Gasteiger partial charge in [-0.1, -0.05) is 17.7 Å². The van der Waals surface area contributed by atoms with Crippen molar-refractivity contribution in [2.75, 3.05) is 25.5 Å². The highest BCUT2D eigenvalue weighted by atomic mass is 16.2. The number of carbonyl (C=O) groups is 2. The molecule has 0 atom stereocenters. The Morgan fingerprint density at radius 3 is 2.44 bits per heavy atom. The number of benzene rings is 1. The summed E-state index contributed by atoms with van der Waals surface area (Å²) >= 11 is 0. The second kappa shape index (κ2) is 6.76. The molecule has 1 aromatic carbocycles. The lowest BCUT2D eigenvalue weighted by Crippen LogP contribution is -2.88. The van der Waals surface area contributed by atoms with E-state index in [-0.39, 0.29) is 24.9 Å². The molecule has 98 valence electrons. The van der Waals surface area contributed by atoms with E-state index in [1.165, 1.54) is 0 Å². The third-order valence-corrected chi connectivity index (χ3v) is 2.59. The van der Waals surface area contributed by atoms with Crippen LogP contribution in [0, 0.1) is 13.8 Å². The normalized spacial score (nSPS) is 9.94. The highest BCUT2D eigenvalue weighted by Crippen LogP contribution is 2.15. The molecule has 0 bridgehead atoms. The Labute approximate surface area is 107 Å². The van der Waals surface area contributed by atoms with Gasteiger partial charge in [-0.25, -0.2) is 0 Å². The molecule has 4 N–H and O–H groups in total. The molecule has 0 heterocycles. The predicted octanol–water partition coefficient (Wildman–Crippen LogP) is -0.449. The van der Waals surface area contributed by atoms with E-state index < -0.39 is 0 Å². The maximum Gasteiger partial charge on any atom is 0.279 e. The summed E-state index contributed by atoms with van der Waals surface area (Å²) in [6.07, 6.45) is 0. The van der Waals surface area contributed by atoms with Crippen LogP contribution in [-0.2, 0) is 9.59 Å². The summed E-state index contributed by atoms with van der Waals surface area (Å²) in [6, 6.07) is 5.86. The third-order valence-electron chi connectivity index (χ3n) is 2.59. The minimum Gasteiger partial charge on any atom is -0.354 e. The number of quaternary nitrogens is 1. The van der Waals surface area contributed by atoms with Gasteiger partial charge in [0.25, 0.3) is 11.8 Å². The second-order valence-electron chi connectivity index (χ2n) is 4.24. The molecular weight excluding hydrogens is 230 g/mol. The van der Waals surface area contributed by atoms with Crippen LogP contribution in [-0.4, -0.2) is 32.0 Å². The van der Waals surface area contributed by atoms with E-state index in [1.807, 2.05) is 32.0 Å². The molecule has 2 amide bonds. The summed E-state index contributed by atoms with van der Waals surface area (Å²) in [4.78, 5) is 22.6. The Balaban J connectivity index is 2.42. The summed E-state index contributed by atoms with van der Waals surface area (Å²) in [7, 11) is 1.58. The number of aryl methyl sites for hydroxylation is 2. The van der Waals surface area contributed by atoms with Crippen LogP contribution in [0.3, 0.4) is 0 Å². The number of amides is 2. The first-order valence-electron chi connectivity index (χ1n) is 5.92. The first-order chi connectivity index (χ1) is 8.52. The monoisotopic (exact) mass is 250 g/mol. The molecule has 0 aromatic heterocycles. The molecule has 18 heavy (non-hydrogen) atoms. The molecule has 5 nitrogen and oxygen atoms in total. The third kappa shape index (κ3) is 4.55. The summed E-state index contributed by atoms with van der Waals surface area (Å²) in [5, 5.41) is 6.99. The van der Waals surface area contributed by atoms with Crippen molar-refractivity contribution in [3.05, 3.63) is 29.3 Å². The van der Waals surface area contributed by atoms with Gasteiger partial charge in [0.1, 0.15) is 0 Å². The van der Waals surface area contributed by atoms with Crippen molar-refractivity contribution < 1.29 is 14.9 Å². The van der Waals surface area contributed by atoms with Crippen LogP contribution in [0.4, 0.5) is 5.69 Å². The zero-order valence-corrected chi connectivity index (χ0v) is 11.0. The van der Waals surface area contributed by atoms with Crippen LogP contribution in [0.15, 0.2) is 18.2 Å². The van der Waals surface area contributed by atoms with Gasteiger partial charge in [-0.05, 0) is 25.5 Å². The molecule has 0 unspecified atom stereocenters. The van der Waals surface area contributed by atoms with Crippen molar-refractivity contribution in [2.24, 2.45) is 0 Å². The van der Waals surface area contributed by atoms with Gasteiger partial charge in [-0.15, -0.1) is 0 Å². The molecule has 0 aliphatic rings. The summed E-state index contributed by atoms with van der Waals surface area (Å²) < 4.78 is 0. The molecular formula is C13H20N3O2+. The number of rotatable bonds is 5. The molecule has 0 saturated carbocycles. The number of nitrogens with one attached hydrogen (secondary N) is 2. The minimum absolute atomic E-state index is 0.0886. The van der Waals surface area contributed by atoms with E-state index in [2.05, 4.69) is 10.6 Å². The lowest BCUT2D eigenvalue weighted by atomic mass is 10.1. The van der Waals surface area contributed by atoms with E-state index in [9.17, 15) is 9.59 Å². The molecule has 0 spiro atoms. The number of carbonyl (C=O) groups excluding carboxylic acids is 2. The van der Waals surface area contributed by atoms with Crippen molar-refractivity contribution in [1.29, 1.82) is 0 Å². The molecule has 0 fully saturated rings. The predicted molar refractivity (Wildman–Crippen MR) is 70.3 cm³/mol. The molecule has 0 radical (unpaired) electrons. The average molecular weight is 250 g/mol. The Morgan fingerprint density at radius 1 is 1.17 bits per heavy atom. The number of nitrogens with two attached hydrogens (primary N) is 1. The number of hydrogen-bond donors (Lipinski definition) is 3. The van der Waals surface area contributed by atoms with Gasteiger partial charge in [0.05, 0.1) is 0 Å². The van der Waals surface area contributed by atoms with Crippen LogP contribution in [0.5, 0.6) is 0 Å². The second-order valence-corrected chi connectivity index (χ2v) is 4.24. The van der Waals surface area contributed by atoms with Gasteiger partial charge in [0.15, 0.2) is 13.1 Å². The zero-order valence-electron chi connectivity index (χ0n) is 11.0. The Hall–Kier alpha value is -1.88. The Bertz CT molecular complexity index is 444. The van der Waals surface area contributed by atoms with Crippen LogP contribution >= 0.6 is 0 Å². The van der Waals surface area contributed by atoms with E-state index in [0.29, 0.717) is 0 Å². The van der Waals surface area contributed by atoms with Crippen LogP contribution < -0.4 is 16.0 Å². The van der Waals surface area contributed by atoms with E-state index in [1.54, 1.807) is 12.4 Å². The first-order valence-corrected chi connectivity index (χ1v) is 5.92. The molecule has 0 aliphatic carbocycles. The smallest absolute Gasteiger partial charge is 0.279 e. The maximum absolute atomic E-state index is 11.6. The van der Waals surface area contributed by atoms with Crippen LogP contribution in [0.1, 0.15) is 11.1 Å². The Kier molecular flexibility index (Phi) is 5.32. The van der Waals surface area contributed by atoms with Crippen molar-refractivity contribution in [1.82, 2.24) is 5.32 Å². The number of anilines is 1. The zero-order chi connectivity index (χ0) is 13.5. The SMILES string of the molecule is CNC(=O)C[NH2+]CC(=O)Nc1ccc(C)cc1C. The highest BCUT2D eigenvalue weighted by molar-refractivity contribution is 5.92. The fourth-order valence-electron chi connectivity index (χ4n) is 1.59. The van der Waals surface area contributed by atoms with Gasteiger partial charge in [0, 0.05) is 12.7 Å². The van der Waals surface area contributed by atoms with Gasteiger partial charge in [0.2, 0.25) is 0 Å². The van der Waals surface area contributed by atoms with Crippen LogP contribution in [0.2, 0.25) is 0 Å². The van der Waals surface area contributed by atoms with Gasteiger partial charge in [-0.3, -0.25) is 9.59 Å². The number of likely N-dealkylation sites (N-methyl/N-ethyl adjacent to an activating group) is 1. The lowest BCUT2D eigenvalue weighted by Gasteiger charge is -2.08. The van der Waals surface area contributed by atoms with Crippen molar-refractivity contribution in [3.63, 3.8) is 0 Å². The molecule has 0 saturated heterocycles. The molecule has 1 rings (SSSR count). The highest BCUT2D eigenvalue weighted by Gasteiger charge is 2.08. The van der Waals surface area contributed by atoms with Crippen molar-refractivity contribution in [3.8, 4) is 0 Å². The number of hydrogen-bond acceptors (Lipinski definition) is 2. The van der Waals surface area contributed by atoms with E-state index in [0.717, 1.165) is 16.8 Å². The van der Waals surface area contributed by atoms with Crippen molar-refractivity contribution in [2.45, 2.75) is 13.8 Å². The first kappa shape index (κ1) is 14.2. The summed E-state index contributed by atoms with van der Waals surface area (Å²) in [6.45, 7) is 4.46. The fourth-order valence-corrected chi connectivity index (χ4v) is 1.59. The van der Waals surface area contributed by atoms with Gasteiger partial charge in [-0.2, -0.15) is 0 Å². The van der Waals surface area contributed by atoms with Crippen molar-refractivity contribution >= 4 is 17.5 Å². The van der Waals surface area contributed by atoms with Crippen LogP contribution in [0.25, 0.3) is 0 Å². The quantitative estimate of drug-likeness (QED) is 0.662. The topological polar surface area (TPSA) is 74.8 Å². The minimum atomic E-state index is -0.106. The molecule has 0 aliphatic heterocycles. The van der Waals surface area contributed by atoms with Gasteiger partial charge < -0.3 is 16.0 Å².